The molecule has 1 unspecified atom stereocenters. The van der Waals surface area contributed by atoms with Gasteiger partial charge in [-0.15, -0.1) is 0 Å². The summed E-state index contributed by atoms with van der Waals surface area (Å²) < 4.78 is 6.39. The fourth-order valence-corrected chi connectivity index (χ4v) is 10.7. The molecule has 3 aromatic carbocycles. The second-order valence-electron chi connectivity index (χ2n) is 17.6. The highest BCUT2D eigenvalue weighted by Gasteiger charge is 2.64. The Bertz CT molecular complexity index is 2200. The average molecular weight is 805 g/mol. The summed E-state index contributed by atoms with van der Waals surface area (Å²) in [6.45, 7) is 11.8. The normalized spacial score (nSPS) is 26.7. The first-order valence-electron chi connectivity index (χ1n) is 20.3. The highest BCUT2D eigenvalue weighted by molar-refractivity contribution is 6.31. The summed E-state index contributed by atoms with van der Waals surface area (Å²) in [5, 5.41) is 15.1. The summed E-state index contributed by atoms with van der Waals surface area (Å²) in [7, 11) is 0. The minimum atomic E-state index is -0.976. The van der Waals surface area contributed by atoms with Crippen LogP contribution in [0.25, 0.3) is 0 Å². The van der Waals surface area contributed by atoms with Crippen molar-refractivity contribution in [3.05, 3.63) is 93.5 Å². The Labute approximate surface area is 343 Å². The number of carbonyl (C=O) groups is 5. The number of hydrogen-bond acceptors (Lipinski definition) is 9. The molecule has 2 N–H and O–H groups in total. The van der Waals surface area contributed by atoms with Crippen molar-refractivity contribution in [1.82, 2.24) is 20.4 Å². The first-order valence-corrected chi connectivity index (χ1v) is 20.7. The van der Waals surface area contributed by atoms with Crippen molar-refractivity contribution in [2.75, 3.05) is 31.1 Å². The van der Waals surface area contributed by atoms with Gasteiger partial charge in [-0.25, -0.2) is 0 Å². The number of rotatable bonds is 8. The Morgan fingerprint density at radius 3 is 2.16 bits per heavy atom. The Morgan fingerprint density at radius 2 is 1.52 bits per heavy atom. The number of nitrogens with zero attached hydrogens (tertiary/aromatic N) is 4. The van der Waals surface area contributed by atoms with Crippen LogP contribution in [0.3, 0.4) is 0 Å². The zero-order valence-corrected chi connectivity index (χ0v) is 34.1. The van der Waals surface area contributed by atoms with Crippen LogP contribution in [0.1, 0.15) is 114 Å². The Balaban J connectivity index is 0.811. The van der Waals surface area contributed by atoms with Gasteiger partial charge < -0.3 is 15.0 Å². The van der Waals surface area contributed by atoms with Crippen molar-refractivity contribution in [3.63, 3.8) is 0 Å². The molecule has 13 heteroatoms. The molecule has 0 spiro atoms. The van der Waals surface area contributed by atoms with Crippen LogP contribution in [-0.4, -0.2) is 89.7 Å². The van der Waals surface area contributed by atoms with E-state index in [2.05, 4.69) is 66.3 Å². The molecule has 2 saturated heterocycles. The highest BCUT2D eigenvalue weighted by atomic mass is 35.5. The first kappa shape index (κ1) is 39.6. The second kappa shape index (κ2) is 15.2. The van der Waals surface area contributed by atoms with Crippen LogP contribution < -0.4 is 20.3 Å². The van der Waals surface area contributed by atoms with Gasteiger partial charge >= 0.3 is 0 Å². The van der Waals surface area contributed by atoms with Crippen LogP contribution in [0.15, 0.2) is 60.7 Å². The second-order valence-corrected chi connectivity index (χ2v) is 18.0. The predicted molar refractivity (Wildman–Crippen MR) is 218 cm³/mol. The maximum Gasteiger partial charge on any atom is 0.262 e. The molecule has 3 aliphatic heterocycles. The van der Waals surface area contributed by atoms with Gasteiger partial charge in [0.15, 0.2) is 0 Å². The van der Waals surface area contributed by atoms with Crippen LogP contribution in [0.5, 0.6) is 5.75 Å². The van der Waals surface area contributed by atoms with Gasteiger partial charge in [0.1, 0.15) is 24.0 Å². The van der Waals surface area contributed by atoms with Gasteiger partial charge in [-0.05, 0) is 86.1 Å². The molecule has 1 atom stereocenters. The SMILES string of the molecule is CC1(C)C(NC(=O)c2ccc(C3CCC(N4CCN(c5ccc6c(c5)C(=O)N(C5CCC(=O)NC5=O)C6=O)CC4)CC3)cc2)C(C)(C)C1Oc1ccc(C#N)c(Cl)c1. The number of nitrogens with one attached hydrogen (secondary N) is 2. The largest absolute Gasteiger partial charge is 0.489 e. The van der Waals surface area contributed by atoms with Gasteiger partial charge in [0.05, 0.1) is 21.7 Å². The predicted octanol–water partition coefficient (Wildman–Crippen LogP) is 6.07. The summed E-state index contributed by atoms with van der Waals surface area (Å²) in [4.78, 5) is 70.0. The van der Waals surface area contributed by atoms with Crippen molar-refractivity contribution >= 4 is 46.8 Å². The summed E-state index contributed by atoms with van der Waals surface area (Å²) in [5.74, 6) is -1.04. The van der Waals surface area contributed by atoms with Crippen LogP contribution in [0, 0.1) is 22.2 Å². The van der Waals surface area contributed by atoms with Gasteiger partial charge in [0.2, 0.25) is 11.8 Å². The number of nitriles is 1. The molecule has 2 saturated carbocycles. The van der Waals surface area contributed by atoms with Crippen molar-refractivity contribution in [2.24, 2.45) is 10.8 Å². The number of anilines is 1. The van der Waals surface area contributed by atoms with E-state index in [1.165, 1.54) is 5.56 Å². The molecular formula is C45H49ClN6O6. The zero-order valence-electron chi connectivity index (χ0n) is 33.3. The van der Waals surface area contributed by atoms with E-state index in [9.17, 15) is 29.2 Å². The monoisotopic (exact) mass is 804 g/mol. The number of ether oxygens (including phenoxy) is 1. The molecule has 3 heterocycles. The molecule has 4 fully saturated rings. The zero-order chi connectivity index (χ0) is 41.1. The number of fused-ring (bicyclic) bond motifs is 1. The molecule has 58 heavy (non-hydrogen) atoms. The van der Waals surface area contributed by atoms with Crippen LogP contribution in [0.4, 0.5) is 5.69 Å². The molecule has 5 aliphatic rings. The van der Waals surface area contributed by atoms with Crippen LogP contribution in [-0.2, 0) is 9.59 Å². The quantitative estimate of drug-likeness (QED) is 0.259. The van der Waals surface area contributed by atoms with E-state index in [-0.39, 0.29) is 41.7 Å². The molecule has 12 nitrogen and oxygen atoms in total. The maximum absolute atomic E-state index is 13.5. The third-order valence-electron chi connectivity index (χ3n) is 13.4. The Morgan fingerprint density at radius 1 is 0.845 bits per heavy atom. The molecule has 5 amide bonds. The number of halogens is 1. The summed E-state index contributed by atoms with van der Waals surface area (Å²) in [6, 6.07) is 20.0. The molecule has 302 valence electrons. The third-order valence-corrected chi connectivity index (χ3v) is 13.7. The first-order chi connectivity index (χ1) is 27.7. The lowest BCUT2D eigenvalue weighted by molar-refractivity contribution is -0.164. The van der Waals surface area contributed by atoms with Crippen molar-refractivity contribution in [2.45, 2.75) is 96.4 Å². The smallest absolute Gasteiger partial charge is 0.262 e. The van der Waals surface area contributed by atoms with Gasteiger partial charge in [-0.2, -0.15) is 5.26 Å². The van der Waals surface area contributed by atoms with Crippen molar-refractivity contribution in [3.8, 4) is 11.8 Å². The molecule has 8 rings (SSSR count). The molecule has 2 aliphatic carbocycles. The molecule has 0 bridgehead atoms. The van der Waals surface area contributed by atoms with Gasteiger partial charge in [0, 0.05) is 72.8 Å². The van der Waals surface area contributed by atoms with Gasteiger partial charge in [-0.3, -0.25) is 39.1 Å². The lowest BCUT2D eigenvalue weighted by Crippen LogP contribution is -2.74. The fourth-order valence-electron chi connectivity index (χ4n) is 10.5. The lowest BCUT2D eigenvalue weighted by Gasteiger charge is -2.63. The summed E-state index contributed by atoms with van der Waals surface area (Å²) in [6.07, 6.45) is 4.41. The van der Waals surface area contributed by atoms with Gasteiger partial charge in [-0.1, -0.05) is 51.4 Å². The van der Waals surface area contributed by atoms with E-state index in [4.69, 9.17) is 16.3 Å². The number of benzene rings is 3. The van der Waals surface area contributed by atoms with Crippen LogP contribution >= 0.6 is 11.6 Å². The maximum atomic E-state index is 13.5. The third kappa shape index (κ3) is 7.02. The number of imide groups is 2. The summed E-state index contributed by atoms with van der Waals surface area (Å²) >= 11 is 6.25. The van der Waals surface area contributed by atoms with Gasteiger partial charge in [0.25, 0.3) is 17.7 Å². The summed E-state index contributed by atoms with van der Waals surface area (Å²) in [5.41, 5.74) is 3.08. The standard InChI is InChI=1S/C45H49ClN6O6/c1-44(2)42(45(3,4)43(44)58-32-15-11-29(25-47)35(46)24-32)49-38(54)28-7-5-26(6-8-28)27-9-12-30(13-10-27)50-19-21-51(22-20-50)31-14-16-33-34(23-31)41(57)52(40(33)56)36-17-18-37(53)48-39(36)55/h5-8,11,14-16,23-24,27,30,36,42-43H,9-10,12-13,17-22H2,1-4H3,(H,49,54)(H,48,53,55). The minimum absolute atomic E-state index is 0.0898. The molecule has 0 radical (unpaired) electrons. The van der Waals surface area contributed by atoms with Crippen molar-refractivity contribution < 1.29 is 28.7 Å². The minimum Gasteiger partial charge on any atom is -0.489 e. The number of amides is 5. The Hall–Kier alpha value is -5.25. The molecule has 0 aromatic heterocycles. The fraction of sp³-hybridized carbons (Fsp3) is 0.467. The molecular weight excluding hydrogens is 756 g/mol. The van der Waals surface area contributed by atoms with E-state index in [1.807, 2.05) is 18.2 Å². The molecule has 3 aromatic rings. The van der Waals surface area contributed by atoms with Crippen molar-refractivity contribution in [1.29, 1.82) is 5.26 Å². The van der Waals surface area contributed by atoms with E-state index < -0.39 is 29.7 Å². The van der Waals surface area contributed by atoms with Crippen LogP contribution in [0.2, 0.25) is 5.02 Å². The lowest BCUT2D eigenvalue weighted by atomic mass is 9.49. The number of piperazine rings is 1. The highest BCUT2D eigenvalue weighted by Crippen LogP contribution is 2.55. The van der Waals surface area contributed by atoms with E-state index >= 15 is 0 Å². The Kier molecular flexibility index (Phi) is 10.3. The average Bonchev–Trinajstić information content (AvgIpc) is 3.46. The number of carbonyl (C=O) groups excluding carboxylic acids is 5. The number of piperidine rings is 1. The topological polar surface area (TPSA) is 152 Å². The van der Waals surface area contributed by atoms with E-state index in [0.717, 1.165) is 62.4 Å². The number of hydrogen-bond donors (Lipinski definition) is 2. The van der Waals surface area contributed by atoms with E-state index in [1.54, 1.807) is 30.3 Å². The van der Waals surface area contributed by atoms with E-state index in [0.29, 0.717) is 45.0 Å².